The van der Waals surface area contributed by atoms with Gasteiger partial charge in [-0.1, -0.05) is 23.8 Å². The number of carbonyl (C=O) groups is 1. The van der Waals surface area contributed by atoms with Gasteiger partial charge in [0.05, 0.1) is 10.5 Å². The molecule has 9 heteroatoms. The van der Waals surface area contributed by atoms with Crippen molar-refractivity contribution >= 4 is 16.0 Å². The van der Waals surface area contributed by atoms with Gasteiger partial charge >= 0.3 is 5.97 Å². The number of nitrogens with zero attached hydrogens (tertiary/aromatic N) is 2. The fraction of sp³-hybridized carbons (Fsp3) is 0.211. The molecule has 0 aliphatic carbocycles. The summed E-state index contributed by atoms with van der Waals surface area (Å²) in [6, 6.07) is 11.7. The molecule has 0 radical (unpaired) electrons. The van der Waals surface area contributed by atoms with Gasteiger partial charge in [-0.15, -0.1) is 10.2 Å². The first-order valence-electron chi connectivity index (χ1n) is 8.40. The lowest BCUT2D eigenvalue weighted by Gasteiger charge is -2.11. The molecule has 1 aromatic heterocycles. The average Bonchev–Trinajstić information content (AvgIpc) is 3.11. The molecule has 0 saturated heterocycles. The van der Waals surface area contributed by atoms with E-state index in [0.29, 0.717) is 11.5 Å². The summed E-state index contributed by atoms with van der Waals surface area (Å²) < 4.78 is 34.2. The van der Waals surface area contributed by atoms with E-state index < -0.39 is 22.1 Å². The monoisotopic (exact) mass is 401 g/mol. The van der Waals surface area contributed by atoms with Crippen LogP contribution in [0.25, 0.3) is 11.5 Å². The minimum atomic E-state index is -3.95. The highest BCUT2D eigenvalue weighted by molar-refractivity contribution is 7.89. The van der Waals surface area contributed by atoms with Crippen molar-refractivity contribution in [2.75, 3.05) is 0 Å². The molecular formula is C19H19N3O5S. The van der Waals surface area contributed by atoms with Crippen LogP contribution in [0.3, 0.4) is 0 Å². The zero-order valence-corrected chi connectivity index (χ0v) is 16.4. The predicted octanol–water partition coefficient (Wildman–Crippen LogP) is 2.92. The first-order valence-corrected chi connectivity index (χ1v) is 9.94. The van der Waals surface area contributed by atoms with E-state index in [0.717, 1.165) is 11.1 Å². The van der Waals surface area contributed by atoms with Crippen LogP contribution in [0.5, 0.6) is 0 Å². The predicted molar refractivity (Wildman–Crippen MR) is 101 cm³/mol. The summed E-state index contributed by atoms with van der Waals surface area (Å²) in [5, 5.41) is 13.1. The number of esters is 1. The number of nitrogens with two attached hydrogens (primary N) is 1. The summed E-state index contributed by atoms with van der Waals surface area (Å²) in [6.07, 6.45) is -0.821. The van der Waals surface area contributed by atoms with Crippen molar-refractivity contribution in [2.45, 2.75) is 31.8 Å². The number of sulfonamides is 1. The minimum absolute atomic E-state index is 0.0555. The molecule has 0 bridgehead atoms. The van der Waals surface area contributed by atoms with Crippen molar-refractivity contribution in [3.05, 3.63) is 65.0 Å². The molecular weight excluding hydrogens is 382 g/mol. The van der Waals surface area contributed by atoms with Crippen molar-refractivity contribution < 1.29 is 22.4 Å². The molecule has 28 heavy (non-hydrogen) atoms. The largest absolute Gasteiger partial charge is 0.449 e. The van der Waals surface area contributed by atoms with Crippen LogP contribution in [-0.4, -0.2) is 24.6 Å². The van der Waals surface area contributed by atoms with Gasteiger partial charge in [0.15, 0.2) is 6.10 Å². The minimum Gasteiger partial charge on any atom is -0.449 e. The number of aryl methyl sites for hydroxylation is 2. The number of benzene rings is 2. The van der Waals surface area contributed by atoms with E-state index in [4.69, 9.17) is 14.3 Å². The van der Waals surface area contributed by atoms with E-state index in [1.807, 2.05) is 31.2 Å². The molecule has 3 rings (SSSR count). The molecule has 0 unspecified atom stereocenters. The lowest BCUT2D eigenvalue weighted by atomic mass is 10.1. The summed E-state index contributed by atoms with van der Waals surface area (Å²) in [7, 11) is -3.95. The fourth-order valence-corrected chi connectivity index (χ4v) is 3.41. The summed E-state index contributed by atoms with van der Waals surface area (Å²) >= 11 is 0. The molecule has 0 amide bonds. The zero-order valence-electron chi connectivity index (χ0n) is 15.5. The van der Waals surface area contributed by atoms with E-state index in [2.05, 4.69) is 10.2 Å². The second-order valence-corrected chi connectivity index (χ2v) is 7.92. The van der Waals surface area contributed by atoms with E-state index >= 15 is 0 Å². The standard InChI is InChI=1S/C19H19N3O5S/c1-11-5-4-6-14(9-11)18-22-21-17(27-18)13(3)26-19(23)15-8-7-12(2)16(10-15)28(20,24)25/h4-10,13H,1-3H3,(H2,20,24,25)/t13-/m0/s1. The maximum absolute atomic E-state index is 12.4. The van der Waals surface area contributed by atoms with Crippen LogP contribution in [0.1, 0.15) is 40.4 Å². The van der Waals surface area contributed by atoms with Crippen LogP contribution in [-0.2, 0) is 14.8 Å². The van der Waals surface area contributed by atoms with Gasteiger partial charge < -0.3 is 9.15 Å². The van der Waals surface area contributed by atoms with Gasteiger partial charge in [0, 0.05) is 5.56 Å². The van der Waals surface area contributed by atoms with Crippen LogP contribution in [0.15, 0.2) is 51.8 Å². The summed E-state index contributed by atoms with van der Waals surface area (Å²) in [5.74, 6) is -0.287. The quantitative estimate of drug-likeness (QED) is 0.651. The van der Waals surface area contributed by atoms with Crippen molar-refractivity contribution in [1.29, 1.82) is 0 Å². The molecule has 1 atom stereocenters. The van der Waals surface area contributed by atoms with Gasteiger partial charge in [0.1, 0.15) is 0 Å². The topological polar surface area (TPSA) is 125 Å². The third-order valence-corrected chi connectivity index (χ3v) is 5.12. The SMILES string of the molecule is Cc1cccc(-c2nnc([C@H](C)OC(=O)c3ccc(C)c(S(N)(=O)=O)c3)o2)c1. The van der Waals surface area contributed by atoms with Crippen molar-refractivity contribution in [3.8, 4) is 11.5 Å². The van der Waals surface area contributed by atoms with Crippen LogP contribution in [0.4, 0.5) is 0 Å². The normalized spacial score (nSPS) is 12.6. The Morgan fingerprint density at radius 1 is 1.14 bits per heavy atom. The molecule has 0 fully saturated rings. The van der Waals surface area contributed by atoms with Crippen molar-refractivity contribution in [1.82, 2.24) is 10.2 Å². The Hall–Kier alpha value is -3.04. The van der Waals surface area contributed by atoms with E-state index in [9.17, 15) is 13.2 Å². The Morgan fingerprint density at radius 2 is 1.89 bits per heavy atom. The van der Waals surface area contributed by atoms with Gasteiger partial charge in [0.25, 0.3) is 5.89 Å². The van der Waals surface area contributed by atoms with Gasteiger partial charge in [0.2, 0.25) is 15.9 Å². The molecule has 146 valence electrons. The molecule has 8 nitrogen and oxygen atoms in total. The molecule has 0 aliphatic rings. The highest BCUT2D eigenvalue weighted by atomic mass is 32.2. The molecule has 1 heterocycles. The number of aromatic nitrogens is 2. The number of ether oxygens (including phenoxy) is 1. The number of primary sulfonamides is 1. The van der Waals surface area contributed by atoms with E-state index in [-0.39, 0.29) is 16.3 Å². The van der Waals surface area contributed by atoms with Gasteiger partial charge in [-0.2, -0.15) is 0 Å². The van der Waals surface area contributed by atoms with Gasteiger partial charge in [-0.25, -0.2) is 18.4 Å². The number of rotatable bonds is 5. The average molecular weight is 401 g/mol. The third kappa shape index (κ3) is 4.26. The molecule has 2 N–H and O–H groups in total. The molecule has 0 aliphatic heterocycles. The molecule has 3 aromatic rings. The Bertz CT molecular complexity index is 1140. The Labute approximate surface area is 162 Å². The Morgan fingerprint density at radius 3 is 2.57 bits per heavy atom. The second-order valence-electron chi connectivity index (χ2n) is 6.39. The van der Waals surface area contributed by atoms with E-state index in [1.165, 1.54) is 18.2 Å². The maximum atomic E-state index is 12.4. The van der Waals surface area contributed by atoms with Gasteiger partial charge in [-0.05, 0) is 50.6 Å². The summed E-state index contributed by atoms with van der Waals surface area (Å²) in [5.41, 5.74) is 2.29. The molecule has 0 spiro atoms. The lowest BCUT2D eigenvalue weighted by molar-refractivity contribution is 0.0279. The highest BCUT2D eigenvalue weighted by Crippen LogP contribution is 2.24. The number of carbonyl (C=O) groups excluding carboxylic acids is 1. The summed E-state index contributed by atoms with van der Waals surface area (Å²) in [6.45, 7) is 5.12. The van der Waals surface area contributed by atoms with Crippen molar-refractivity contribution in [2.24, 2.45) is 5.14 Å². The first-order chi connectivity index (χ1) is 13.1. The number of hydrogen-bond acceptors (Lipinski definition) is 7. The Balaban J connectivity index is 1.78. The zero-order chi connectivity index (χ0) is 20.5. The summed E-state index contributed by atoms with van der Waals surface area (Å²) in [4.78, 5) is 12.3. The van der Waals surface area contributed by atoms with Crippen LogP contribution in [0.2, 0.25) is 0 Å². The smallest absolute Gasteiger partial charge is 0.338 e. The number of hydrogen-bond donors (Lipinski definition) is 1. The maximum Gasteiger partial charge on any atom is 0.338 e. The second kappa shape index (κ2) is 7.53. The molecule has 0 saturated carbocycles. The van der Waals surface area contributed by atoms with Gasteiger partial charge in [-0.3, -0.25) is 0 Å². The van der Waals surface area contributed by atoms with Crippen LogP contribution in [0, 0.1) is 13.8 Å². The van der Waals surface area contributed by atoms with Crippen molar-refractivity contribution in [3.63, 3.8) is 0 Å². The van der Waals surface area contributed by atoms with E-state index in [1.54, 1.807) is 13.8 Å². The fourth-order valence-electron chi connectivity index (χ4n) is 2.61. The lowest BCUT2D eigenvalue weighted by Crippen LogP contribution is -2.16. The first kappa shape index (κ1) is 19.7. The third-order valence-electron chi connectivity index (χ3n) is 4.07. The van der Waals surface area contributed by atoms with Crippen LogP contribution >= 0.6 is 0 Å². The highest BCUT2D eigenvalue weighted by Gasteiger charge is 2.22. The molecule has 2 aromatic carbocycles. The Kier molecular flexibility index (Phi) is 5.30. The van der Waals surface area contributed by atoms with Crippen LogP contribution < -0.4 is 5.14 Å².